The second kappa shape index (κ2) is 9.06. The van der Waals surface area contributed by atoms with E-state index in [2.05, 4.69) is 38.3 Å². The van der Waals surface area contributed by atoms with Gasteiger partial charge in [-0.25, -0.2) is 4.98 Å². The molecule has 9 nitrogen and oxygen atoms in total. The number of aromatic nitrogens is 3. The van der Waals surface area contributed by atoms with Gasteiger partial charge in [-0.05, 0) is 81.3 Å². The number of aliphatic hydroxyl groups is 1. The molecular formula is C26H30ClN5O4. The number of hydrogen-bond acceptors (Lipinski definition) is 8. The van der Waals surface area contributed by atoms with Crippen LogP contribution in [-0.4, -0.2) is 69.0 Å². The third-order valence-electron chi connectivity index (χ3n) is 8.12. The number of likely N-dealkylation sites (tertiary alicyclic amines) is 1. The minimum Gasteiger partial charge on any atom is -0.389 e. The lowest BCUT2D eigenvalue weighted by Crippen LogP contribution is -2.56. The molecule has 3 aromatic rings. The van der Waals surface area contributed by atoms with Crippen LogP contribution in [0.2, 0.25) is 5.02 Å². The molecule has 1 aromatic carbocycles. The molecule has 4 atom stereocenters. The van der Waals surface area contributed by atoms with Crippen LogP contribution in [0.5, 0.6) is 0 Å². The van der Waals surface area contributed by atoms with Crippen LogP contribution in [0.4, 0.5) is 5.82 Å². The van der Waals surface area contributed by atoms with E-state index in [0.717, 1.165) is 47.3 Å². The van der Waals surface area contributed by atoms with E-state index >= 15 is 0 Å². The van der Waals surface area contributed by atoms with Gasteiger partial charge in [0.2, 0.25) is 11.8 Å². The molecule has 0 bridgehead atoms. The number of hydrogen-bond donors (Lipinski definition) is 2. The first kappa shape index (κ1) is 23.8. The predicted molar refractivity (Wildman–Crippen MR) is 134 cm³/mol. The molecule has 2 aliphatic heterocycles. The molecular weight excluding hydrogens is 482 g/mol. The maximum absolute atomic E-state index is 12.8. The third kappa shape index (κ3) is 4.28. The van der Waals surface area contributed by atoms with E-state index < -0.39 is 6.10 Å². The summed E-state index contributed by atoms with van der Waals surface area (Å²) in [6, 6.07) is 6.00. The fourth-order valence-electron chi connectivity index (χ4n) is 5.66. The number of rotatable bonds is 5. The van der Waals surface area contributed by atoms with Crippen LogP contribution in [0.1, 0.15) is 55.3 Å². The van der Waals surface area contributed by atoms with Gasteiger partial charge in [0.1, 0.15) is 5.82 Å². The maximum Gasteiger partial charge on any atom is 0.230 e. The number of ether oxygens (including phenoxy) is 1. The van der Waals surface area contributed by atoms with Gasteiger partial charge in [0.25, 0.3) is 0 Å². The van der Waals surface area contributed by atoms with Crippen LogP contribution in [0.15, 0.2) is 28.9 Å². The number of benzene rings is 1. The molecule has 4 heterocycles. The molecule has 6 rings (SSSR count). The SMILES string of the molecule is Cc1noc(C2CC2C(=O)Nc2cc3cc(C4CCN(C5(C)COCC5O)CC4)c(Cl)cc3cn2)n1. The predicted octanol–water partition coefficient (Wildman–Crippen LogP) is 3.65. The van der Waals surface area contributed by atoms with Gasteiger partial charge in [0.05, 0.1) is 36.7 Å². The number of nitrogens with one attached hydrogen (secondary N) is 1. The van der Waals surface area contributed by atoms with Crippen molar-refractivity contribution in [2.45, 2.75) is 56.6 Å². The van der Waals surface area contributed by atoms with Crippen LogP contribution < -0.4 is 5.32 Å². The minimum atomic E-state index is -0.457. The largest absolute Gasteiger partial charge is 0.389 e. The number of piperidine rings is 1. The first-order valence-corrected chi connectivity index (χ1v) is 12.9. The number of fused-ring (bicyclic) bond motifs is 1. The zero-order valence-electron chi connectivity index (χ0n) is 20.4. The van der Waals surface area contributed by atoms with E-state index in [1.165, 1.54) is 0 Å². The van der Waals surface area contributed by atoms with E-state index in [-0.39, 0.29) is 23.3 Å². The fraction of sp³-hybridized carbons (Fsp3) is 0.538. The second-order valence-electron chi connectivity index (χ2n) is 10.6. The number of pyridine rings is 1. The highest BCUT2D eigenvalue weighted by Crippen LogP contribution is 2.47. The molecule has 2 aromatic heterocycles. The zero-order chi connectivity index (χ0) is 25.0. The van der Waals surface area contributed by atoms with Crippen LogP contribution in [0.25, 0.3) is 10.8 Å². The summed E-state index contributed by atoms with van der Waals surface area (Å²) in [7, 11) is 0. The molecule has 1 amide bonds. The molecule has 1 saturated carbocycles. The maximum atomic E-state index is 12.8. The number of amides is 1. The van der Waals surface area contributed by atoms with Gasteiger partial charge in [-0.1, -0.05) is 16.8 Å². The molecule has 2 saturated heterocycles. The minimum absolute atomic E-state index is 0.0258. The van der Waals surface area contributed by atoms with Gasteiger partial charge in [0.15, 0.2) is 5.82 Å². The van der Waals surface area contributed by atoms with Gasteiger partial charge >= 0.3 is 0 Å². The van der Waals surface area contributed by atoms with E-state index in [1.807, 2.05) is 12.1 Å². The van der Waals surface area contributed by atoms with Crippen LogP contribution in [0, 0.1) is 12.8 Å². The molecule has 3 aliphatic rings. The quantitative estimate of drug-likeness (QED) is 0.533. The Balaban J connectivity index is 1.15. The van der Waals surface area contributed by atoms with Crippen molar-refractivity contribution in [1.29, 1.82) is 0 Å². The summed E-state index contributed by atoms with van der Waals surface area (Å²) in [5, 5.41) is 19.8. The third-order valence-corrected chi connectivity index (χ3v) is 8.45. The van der Waals surface area contributed by atoms with Crippen molar-refractivity contribution in [2.75, 3.05) is 31.6 Å². The van der Waals surface area contributed by atoms with E-state index in [0.29, 0.717) is 43.1 Å². The van der Waals surface area contributed by atoms with Crippen molar-refractivity contribution in [2.24, 2.45) is 5.92 Å². The Morgan fingerprint density at radius 2 is 2.06 bits per heavy atom. The van der Waals surface area contributed by atoms with E-state index in [4.69, 9.17) is 20.9 Å². The number of anilines is 1. The number of carbonyl (C=O) groups excluding carboxylic acids is 1. The summed E-state index contributed by atoms with van der Waals surface area (Å²) < 4.78 is 10.7. The fourth-order valence-corrected chi connectivity index (χ4v) is 5.99. The molecule has 0 radical (unpaired) electrons. The monoisotopic (exact) mass is 511 g/mol. The van der Waals surface area contributed by atoms with Crippen molar-refractivity contribution in [3.05, 3.63) is 46.7 Å². The first-order chi connectivity index (χ1) is 17.3. The Hall–Kier alpha value is -2.59. The molecule has 3 fully saturated rings. The van der Waals surface area contributed by atoms with Gasteiger partial charge in [-0.2, -0.15) is 4.98 Å². The molecule has 4 unspecified atom stereocenters. The standard InChI is InChI=1S/C26H30ClN5O4/c1-14-29-25(36-31-14)20-10-19(20)24(34)30-23-9-16-7-18(21(27)8-17(16)11-28-23)15-3-5-32(6-4-15)26(2)13-35-12-22(26)33/h7-9,11,15,19-20,22,33H,3-6,10,12-13H2,1-2H3,(H,28,30,34). The lowest BCUT2D eigenvalue weighted by molar-refractivity contribution is -0.117. The number of aryl methyl sites for hydroxylation is 1. The first-order valence-electron chi connectivity index (χ1n) is 12.5. The van der Waals surface area contributed by atoms with E-state index in [9.17, 15) is 9.90 Å². The molecule has 2 N–H and O–H groups in total. The average Bonchev–Trinajstić information content (AvgIpc) is 3.44. The van der Waals surface area contributed by atoms with Gasteiger partial charge in [-0.15, -0.1) is 0 Å². The highest BCUT2D eigenvalue weighted by molar-refractivity contribution is 6.32. The number of halogens is 1. The lowest BCUT2D eigenvalue weighted by Gasteiger charge is -2.43. The second-order valence-corrected chi connectivity index (χ2v) is 11.0. The summed E-state index contributed by atoms with van der Waals surface area (Å²) in [6.45, 7) is 6.59. The van der Waals surface area contributed by atoms with Gasteiger partial charge in [-0.3, -0.25) is 9.69 Å². The highest BCUT2D eigenvalue weighted by Gasteiger charge is 2.48. The Morgan fingerprint density at radius 3 is 2.75 bits per heavy atom. The number of carbonyl (C=O) groups is 1. The highest BCUT2D eigenvalue weighted by atomic mass is 35.5. The molecule has 36 heavy (non-hydrogen) atoms. The molecule has 0 spiro atoms. The van der Waals surface area contributed by atoms with E-state index in [1.54, 1.807) is 13.1 Å². The smallest absolute Gasteiger partial charge is 0.230 e. The molecule has 190 valence electrons. The van der Waals surface area contributed by atoms with Crippen molar-refractivity contribution in [3.8, 4) is 0 Å². The Kier molecular flexibility index (Phi) is 5.99. The van der Waals surface area contributed by atoms with Crippen molar-refractivity contribution in [1.82, 2.24) is 20.0 Å². The van der Waals surface area contributed by atoms with Crippen LogP contribution in [-0.2, 0) is 9.53 Å². The van der Waals surface area contributed by atoms with Crippen LogP contribution in [0.3, 0.4) is 0 Å². The summed E-state index contributed by atoms with van der Waals surface area (Å²) >= 11 is 6.71. The van der Waals surface area contributed by atoms with Crippen LogP contribution >= 0.6 is 11.6 Å². The zero-order valence-corrected chi connectivity index (χ0v) is 21.2. The van der Waals surface area contributed by atoms with Crippen molar-refractivity contribution >= 4 is 34.1 Å². The van der Waals surface area contributed by atoms with Crippen molar-refractivity contribution < 1.29 is 19.2 Å². The lowest BCUT2D eigenvalue weighted by atomic mass is 9.85. The summed E-state index contributed by atoms with van der Waals surface area (Å²) in [5.74, 6) is 1.65. The molecule has 1 aliphatic carbocycles. The van der Waals surface area contributed by atoms with Gasteiger partial charge in [0, 0.05) is 16.6 Å². The van der Waals surface area contributed by atoms with Crippen molar-refractivity contribution in [3.63, 3.8) is 0 Å². The number of nitrogens with zero attached hydrogens (tertiary/aromatic N) is 4. The molecule has 10 heteroatoms. The Labute approximate surface area is 214 Å². The summed E-state index contributed by atoms with van der Waals surface area (Å²) in [4.78, 5) is 23.8. The number of aliphatic hydroxyl groups excluding tert-OH is 1. The average molecular weight is 512 g/mol. The summed E-state index contributed by atoms with van der Waals surface area (Å²) in [5.41, 5.74) is 0.800. The topological polar surface area (TPSA) is 114 Å². The Bertz CT molecular complexity index is 1310. The normalized spacial score (nSPS) is 29.1. The van der Waals surface area contributed by atoms with Gasteiger partial charge < -0.3 is 19.7 Å². The Morgan fingerprint density at radius 1 is 1.25 bits per heavy atom. The summed E-state index contributed by atoms with van der Waals surface area (Å²) in [6.07, 6.45) is 3.90.